The van der Waals surface area contributed by atoms with E-state index in [1.54, 1.807) is 7.11 Å². The summed E-state index contributed by atoms with van der Waals surface area (Å²) < 4.78 is 5.17. The Kier molecular flexibility index (Phi) is 3.27. The number of Topliss-reactive ketones (excluding diaryl/α,β-unsaturated/α-hetero) is 1. The van der Waals surface area contributed by atoms with Crippen LogP contribution in [0.15, 0.2) is 54.1 Å². The Bertz CT molecular complexity index is 916. The molecular weight excluding hydrogens is 286 g/mol. The summed E-state index contributed by atoms with van der Waals surface area (Å²) in [5, 5.41) is 1.17. The molecule has 0 saturated heterocycles. The monoisotopic (exact) mass is 303 g/mol. The highest BCUT2D eigenvalue weighted by Gasteiger charge is 2.25. The topological polar surface area (TPSA) is 42.1 Å². The van der Waals surface area contributed by atoms with Crippen LogP contribution < -0.4 is 4.74 Å². The number of aryl methyl sites for hydroxylation is 1. The third kappa shape index (κ3) is 2.34. The molecule has 0 fully saturated rings. The second kappa shape index (κ2) is 5.43. The quantitative estimate of drug-likeness (QED) is 0.713. The van der Waals surface area contributed by atoms with E-state index in [1.807, 2.05) is 48.5 Å². The maximum atomic E-state index is 12.8. The molecule has 0 radical (unpaired) electrons. The molecule has 0 spiro atoms. The van der Waals surface area contributed by atoms with Crippen molar-refractivity contribution in [2.45, 2.75) is 12.8 Å². The number of rotatable bonds is 2. The fourth-order valence-electron chi connectivity index (χ4n) is 3.23. The summed E-state index contributed by atoms with van der Waals surface area (Å²) in [6.07, 6.45) is 3.66. The Morgan fingerprint density at radius 2 is 1.83 bits per heavy atom. The molecule has 1 aromatic heterocycles. The summed E-state index contributed by atoms with van der Waals surface area (Å²) in [5.74, 6) is 0.929. The molecule has 1 aliphatic rings. The number of allylic oxidation sites excluding steroid dienone is 1. The number of ketones is 1. The fraction of sp³-hybridized carbons (Fsp3) is 0.150. The molecule has 3 nitrogen and oxygen atoms in total. The number of benzene rings is 2. The van der Waals surface area contributed by atoms with Crippen molar-refractivity contribution in [1.82, 2.24) is 4.98 Å². The van der Waals surface area contributed by atoms with Crippen LogP contribution >= 0.6 is 0 Å². The van der Waals surface area contributed by atoms with Gasteiger partial charge in [-0.05, 0) is 48.2 Å². The summed E-state index contributed by atoms with van der Waals surface area (Å²) in [7, 11) is 1.65. The lowest BCUT2D eigenvalue weighted by molar-refractivity contribution is 0.102. The van der Waals surface area contributed by atoms with Crippen molar-refractivity contribution in [1.29, 1.82) is 0 Å². The molecule has 0 aliphatic heterocycles. The maximum Gasteiger partial charge on any atom is 0.205 e. The Balaban J connectivity index is 1.72. The minimum absolute atomic E-state index is 0.110. The van der Waals surface area contributed by atoms with E-state index in [-0.39, 0.29) is 5.78 Å². The van der Waals surface area contributed by atoms with E-state index in [1.165, 1.54) is 5.39 Å². The minimum atomic E-state index is 0.110. The van der Waals surface area contributed by atoms with Crippen molar-refractivity contribution < 1.29 is 9.53 Å². The van der Waals surface area contributed by atoms with Gasteiger partial charge in [-0.25, -0.2) is 0 Å². The van der Waals surface area contributed by atoms with Crippen molar-refractivity contribution in [3.8, 4) is 5.75 Å². The van der Waals surface area contributed by atoms with E-state index in [0.717, 1.165) is 46.5 Å². The molecule has 2 aromatic carbocycles. The van der Waals surface area contributed by atoms with Gasteiger partial charge in [0.1, 0.15) is 5.75 Å². The largest absolute Gasteiger partial charge is 0.497 e. The summed E-state index contributed by atoms with van der Waals surface area (Å²) in [6.45, 7) is 0. The van der Waals surface area contributed by atoms with Gasteiger partial charge in [-0.2, -0.15) is 0 Å². The zero-order chi connectivity index (χ0) is 15.8. The van der Waals surface area contributed by atoms with Crippen LogP contribution in [0.5, 0.6) is 5.75 Å². The number of carbonyl (C=O) groups is 1. The molecule has 0 atom stereocenters. The average molecular weight is 303 g/mol. The Morgan fingerprint density at radius 1 is 1.04 bits per heavy atom. The van der Waals surface area contributed by atoms with Crippen LogP contribution in [0.1, 0.15) is 28.0 Å². The lowest BCUT2D eigenvalue weighted by Crippen LogP contribution is -2.13. The number of aromatic nitrogens is 1. The van der Waals surface area contributed by atoms with E-state index in [9.17, 15) is 4.79 Å². The van der Waals surface area contributed by atoms with Crippen LogP contribution in [-0.2, 0) is 6.42 Å². The van der Waals surface area contributed by atoms with E-state index in [0.29, 0.717) is 0 Å². The van der Waals surface area contributed by atoms with Gasteiger partial charge in [-0.15, -0.1) is 0 Å². The number of aromatic amines is 1. The summed E-state index contributed by atoms with van der Waals surface area (Å²) in [4.78, 5) is 16.1. The highest BCUT2D eigenvalue weighted by Crippen LogP contribution is 2.32. The SMILES string of the molecule is COc1ccc(C=C2CCc3c([nH]c4ccccc34)C2=O)cc1. The molecule has 23 heavy (non-hydrogen) atoms. The smallest absolute Gasteiger partial charge is 0.205 e. The fourth-order valence-corrected chi connectivity index (χ4v) is 3.23. The van der Waals surface area contributed by atoms with Crippen molar-refractivity contribution in [3.05, 3.63) is 70.9 Å². The van der Waals surface area contributed by atoms with Gasteiger partial charge >= 0.3 is 0 Å². The molecule has 4 rings (SSSR count). The number of H-pyrrole nitrogens is 1. The Morgan fingerprint density at radius 3 is 2.61 bits per heavy atom. The van der Waals surface area contributed by atoms with Crippen molar-refractivity contribution >= 4 is 22.8 Å². The summed E-state index contributed by atoms with van der Waals surface area (Å²) >= 11 is 0. The highest BCUT2D eigenvalue weighted by atomic mass is 16.5. The number of nitrogens with one attached hydrogen (secondary N) is 1. The van der Waals surface area contributed by atoms with Gasteiger partial charge in [0.2, 0.25) is 5.78 Å². The third-order valence-electron chi connectivity index (χ3n) is 4.43. The van der Waals surface area contributed by atoms with Gasteiger partial charge in [0.25, 0.3) is 0 Å². The normalized spacial score (nSPS) is 15.9. The Labute approximate surface area is 134 Å². The first-order valence-corrected chi connectivity index (χ1v) is 7.75. The standard InChI is InChI=1S/C20H17NO2/c1-23-15-9-6-13(7-10-15)12-14-8-11-17-16-4-2-3-5-18(16)21-19(17)20(14)22/h2-7,9-10,12,21H,8,11H2,1H3. The second-order valence-corrected chi connectivity index (χ2v) is 5.80. The van der Waals surface area contributed by atoms with Gasteiger partial charge in [0, 0.05) is 16.5 Å². The molecule has 1 N–H and O–H groups in total. The molecular formula is C20H17NO2. The molecule has 0 unspecified atom stereocenters. The van der Waals surface area contributed by atoms with E-state index >= 15 is 0 Å². The van der Waals surface area contributed by atoms with Crippen molar-refractivity contribution in [3.63, 3.8) is 0 Å². The van der Waals surface area contributed by atoms with Crippen LogP contribution in [0.25, 0.3) is 17.0 Å². The molecule has 3 aromatic rings. The predicted octanol–water partition coefficient (Wildman–Crippen LogP) is 4.39. The number of para-hydroxylation sites is 1. The van der Waals surface area contributed by atoms with E-state index < -0.39 is 0 Å². The lowest BCUT2D eigenvalue weighted by Gasteiger charge is -2.14. The van der Waals surface area contributed by atoms with Crippen LogP contribution in [0.3, 0.4) is 0 Å². The minimum Gasteiger partial charge on any atom is -0.497 e. The van der Waals surface area contributed by atoms with Gasteiger partial charge in [0.15, 0.2) is 0 Å². The van der Waals surface area contributed by atoms with Crippen molar-refractivity contribution in [2.24, 2.45) is 0 Å². The lowest BCUT2D eigenvalue weighted by atomic mass is 9.89. The van der Waals surface area contributed by atoms with Gasteiger partial charge in [0.05, 0.1) is 12.8 Å². The zero-order valence-electron chi connectivity index (χ0n) is 12.9. The van der Waals surface area contributed by atoms with Crippen LogP contribution in [0.2, 0.25) is 0 Å². The number of carbonyl (C=O) groups excluding carboxylic acids is 1. The van der Waals surface area contributed by atoms with E-state index in [2.05, 4.69) is 11.1 Å². The summed E-state index contributed by atoms with van der Waals surface area (Å²) in [5.41, 5.74) is 4.81. The number of methoxy groups -OCH3 is 1. The molecule has 1 heterocycles. The Hall–Kier alpha value is -2.81. The molecule has 3 heteroatoms. The van der Waals surface area contributed by atoms with Crippen molar-refractivity contribution in [2.75, 3.05) is 7.11 Å². The molecule has 0 amide bonds. The molecule has 0 saturated carbocycles. The highest BCUT2D eigenvalue weighted by molar-refractivity contribution is 6.15. The molecule has 1 aliphatic carbocycles. The van der Waals surface area contributed by atoms with Gasteiger partial charge in [-0.1, -0.05) is 30.3 Å². The first kappa shape index (κ1) is 13.8. The number of ether oxygens (including phenoxy) is 1. The van der Waals surface area contributed by atoms with Crippen LogP contribution in [-0.4, -0.2) is 17.9 Å². The first-order chi connectivity index (χ1) is 11.3. The van der Waals surface area contributed by atoms with Gasteiger partial charge in [-0.3, -0.25) is 4.79 Å². The maximum absolute atomic E-state index is 12.8. The molecule has 114 valence electrons. The third-order valence-corrected chi connectivity index (χ3v) is 4.43. The van der Waals surface area contributed by atoms with E-state index in [4.69, 9.17) is 4.74 Å². The van der Waals surface area contributed by atoms with Crippen LogP contribution in [0, 0.1) is 0 Å². The second-order valence-electron chi connectivity index (χ2n) is 5.80. The van der Waals surface area contributed by atoms with Gasteiger partial charge < -0.3 is 9.72 Å². The zero-order valence-corrected chi connectivity index (χ0v) is 12.9. The number of fused-ring (bicyclic) bond motifs is 3. The summed E-state index contributed by atoms with van der Waals surface area (Å²) in [6, 6.07) is 15.9. The number of hydrogen-bond donors (Lipinski definition) is 1. The first-order valence-electron chi connectivity index (χ1n) is 7.75. The number of hydrogen-bond acceptors (Lipinski definition) is 2. The van der Waals surface area contributed by atoms with Crippen LogP contribution in [0.4, 0.5) is 0 Å². The average Bonchev–Trinajstić information content (AvgIpc) is 2.98. The molecule has 0 bridgehead atoms. The predicted molar refractivity (Wildman–Crippen MR) is 91.9 cm³/mol.